The van der Waals surface area contributed by atoms with Crippen molar-refractivity contribution >= 4 is 21.4 Å². The first kappa shape index (κ1) is 14.8. The van der Waals surface area contributed by atoms with Gasteiger partial charge in [-0.2, -0.15) is 0 Å². The van der Waals surface area contributed by atoms with E-state index in [1.165, 1.54) is 0 Å². The topological polar surface area (TPSA) is 37.4 Å². The van der Waals surface area contributed by atoms with Crippen LogP contribution in [0.3, 0.4) is 0 Å². The highest BCUT2D eigenvalue weighted by Gasteiger charge is 2.42. The van der Waals surface area contributed by atoms with Crippen LogP contribution in [0.15, 0.2) is 24.3 Å². The first-order valence-corrected chi connectivity index (χ1v) is 8.75. The van der Waals surface area contributed by atoms with Gasteiger partial charge in [0.15, 0.2) is 9.84 Å². The number of halogens is 1. The summed E-state index contributed by atoms with van der Waals surface area (Å²) in [6.07, 6.45) is 0.702. The SMILES string of the molecule is CCN(Cc1ccccc1Cl)[C@@]1(C)CCS(=O)(=O)C1. The van der Waals surface area contributed by atoms with Gasteiger partial charge in [-0.3, -0.25) is 4.90 Å². The minimum atomic E-state index is -2.89. The van der Waals surface area contributed by atoms with E-state index in [0.29, 0.717) is 18.7 Å². The van der Waals surface area contributed by atoms with Gasteiger partial charge in [0.25, 0.3) is 0 Å². The summed E-state index contributed by atoms with van der Waals surface area (Å²) < 4.78 is 23.5. The van der Waals surface area contributed by atoms with Crippen molar-refractivity contribution in [2.45, 2.75) is 32.4 Å². The van der Waals surface area contributed by atoms with Gasteiger partial charge in [-0.1, -0.05) is 36.7 Å². The minimum Gasteiger partial charge on any atom is -0.293 e. The molecule has 2 rings (SSSR count). The molecular formula is C14H20ClNO2S. The predicted octanol–water partition coefficient (Wildman–Crippen LogP) is 2.74. The molecule has 0 radical (unpaired) electrons. The van der Waals surface area contributed by atoms with Crippen LogP contribution in [0, 0.1) is 0 Å². The molecule has 0 amide bonds. The molecule has 1 saturated heterocycles. The summed E-state index contributed by atoms with van der Waals surface area (Å²) in [7, 11) is -2.89. The van der Waals surface area contributed by atoms with E-state index in [9.17, 15) is 8.42 Å². The number of benzene rings is 1. The zero-order valence-corrected chi connectivity index (χ0v) is 13.0. The van der Waals surface area contributed by atoms with Gasteiger partial charge in [0, 0.05) is 17.1 Å². The molecule has 5 heteroatoms. The third-order valence-corrected chi connectivity index (χ3v) is 6.20. The van der Waals surface area contributed by atoms with Gasteiger partial charge in [0.2, 0.25) is 0 Å². The number of hydrogen-bond acceptors (Lipinski definition) is 3. The molecule has 0 aliphatic carbocycles. The first-order chi connectivity index (χ1) is 8.86. The normalized spacial score (nSPS) is 25.9. The number of hydrogen-bond donors (Lipinski definition) is 0. The Hall–Kier alpha value is -0.580. The molecule has 0 bridgehead atoms. The van der Waals surface area contributed by atoms with Crippen molar-refractivity contribution in [3.8, 4) is 0 Å². The van der Waals surface area contributed by atoms with Crippen molar-refractivity contribution in [1.29, 1.82) is 0 Å². The molecular weight excluding hydrogens is 282 g/mol. The van der Waals surface area contributed by atoms with E-state index in [4.69, 9.17) is 11.6 Å². The average molecular weight is 302 g/mol. The van der Waals surface area contributed by atoms with E-state index >= 15 is 0 Å². The molecule has 1 heterocycles. The van der Waals surface area contributed by atoms with Crippen LogP contribution in [0.25, 0.3) is 0 Å². The smallest absolute Gasteiger partial charge is 0.152 e. The van der Waals surface area contributed by atoms with Gasteiger partial charge in [-0.15, -0.1) is 0 Å². The molecule has 1 aliphatic heterocycles. The maximum Gasteiger partial charge on any atom is 0.152 e. The van der Waals surface area contributed by atoms with Crippen LogP contribution in [0.4, 0.5) is 0 Å². The predicted molar refractivity (Wildman–Crippen MR) is 79.2 cm³/mol. The fourth-order valence-electron chi connectivity index (χ4n) is 2.76. The van der Waals surface area contributed by atoms with E-state index in [0.717, 1.165) is 17.1 Å². The van der Waals surface area contributed by atoms with Crippen molar-refractivity contribution in [2.75, 3.05) is 18.1 Å². The largest absolute Gasteiger partial charge is 0.293 e. The Morgan fingerprint density at radius 2 is 2.05 bits per heavy atom. The molecule has 0 saturated carbocycles. The summed E-state index contributed by atoms with van der Waals surface area (Å²) in [5.41, 5.74) is 0.781. The number of rotatable bonds is 4. The van der Waals surface area contributed by atoms with Crippen molar-refractivity contribution < 1.29 is 8.42 Å². The molecule has 1 aromatic carbocycles. The summed E-state index contributed by atoms with van der Waals surface area (Å²) in [5.74, 6) is 0.542. The minimum absolute atomic E-state index is 0.248. The molecule has 19 heavy (non-hydrogen) atoms. The third kappa shape index (κ3) is 3.30. The molecule has 0 N–H and O–H groups in total. The average Bonchev–Trinajstić information content (AvgIpc) is 2.63. The Kier molecular flexibility index (Phi) is 4.23. The highest BCUT2D eigenvalue weighted by atomic mass is 35.5. The van der Waals surface area contributed by atoms with Gasteiger partial charge in [-0.25, -0.2) is 8.42 Å². The maximum absolute atomic E-state index is 11.7. The van der Waals surface area contributed by atoms with E-state index < -0.39 is 9.84 Å². The fraction of sp³-hybridized carbons (Fsp3) is 0.571. The number of nitrogens with zero attached hydrogens (tertiary/aromatic N) is 1. The molecule has 3 nitrogen and oxygen atoms in total. The second-order valence-corrected chi connectivity index (χ2v) is 8.04. The van der Waals surface area contributed by atoms with Crippen molar-refractivity contribution in [1.82, 2.24) is 4.90 Å². The van der Waals surface area contributed by atoms with Crippen LogP contribution in [0.5, 0.6) is 0 Å². The summed E-state index contributed by atoms with van der Waals surface area (Å²) in [5, 5.41) is 0.741. The lowest BCUT2D eigenvalue weighted by Crippen LogP contribution is -2.46. The molecule has 1 fully saturated rings. The second kappa shape index (κ2) is 5.43. The summed E-state index contributed by atoms with van der Waals surface area (Å²) in [6, 6.07) is 7.74. The molecule has 1 aromatic rings. The number of sulfone groups is 1. The van der Waals surface area contributed by atoms with Crippen molar-refractivity contribution in [3.63, 3.8) is 0 Å². The Balaban J connectivity index is 2.20. The fourth-order valence-corrected chi connectivity index (χ4v) is 5.12. The summed E-state index contributed by atoms with van der Waals surface area (Å²) >= 11 is 6.19. The van der Waals surface area contributed by atoms with Crippen LogP contribution in [0.2, 0.25) is 5.02 Å². The lowest BCUT2D eigenvalue weighted by Gasteiger charge is -2.37. The van der Waals surface area contributed by atoms with Crippen LogP contribution in [-0.4, -0.2) is 36.9 Å². The highest BCUT2D eigenvalue weighted by Crippen LogP contribution is 2.31. The van der Waals surface area contributed by atoms with Crippen LogP contribution < -0.4 is 0 Å². The van der Waals surface area contributed by atoms with Gasteiger partial charge in [-0.05, 0) is 31.5 Å². The van der Waals surface area contributed by atoms with E-state index in [1.54, 1.807) is 0 Å². The van der Waals surface area contributed by atoms with Gasteiger partial charge in [0.05, 0.1) is 11.5 Å². The Labute approximate surface area is 120 Å². The molecule has 0 aromatic heterocycles. The van der Waals surface area contributed by atoms with Gasteiger partial charge < -0.3 is 0 Å². The molecule has 0 unspecified atom stereocenters. The lowest BCUT2D eigenvalue weighted by molar-refractivity contribution is 0.125. The Morgan fingerprint density at radius 1 is 1.37 bits per heavy atom. The van der Waals surface area contributed by atoms with E-state index in [1.807, 2.05) is 31.2 Å². The standard InChI is InChI=1S/C14H20ClNO2S/c1-3-16(10-12-6-4-5-7-13(12)15)14(2)8-9-19(17,18)11-14/h4-7H,3,8-11H2,1-2H3/t14-/m0/s1. The van der Waals surface area contributed by atoms with Crippen molar-refractivity contribution in [2.24, 2.45) is 0 Å². The molecule has 0 spiro atoms. The zero-order valence-electron chi connectivity index (χ0n) is 11.4. The summed E-state index contributed by atoms with van der Waals surface area (Å²) in [4.78, 5) is 2.22. The maximum atomic E-state index is 11.7. The second-order valence-electron chi connectivity index (χ2n) is 5.44. The Bertz CT molecular complexity index is 558. The zero-order chi connectivity index (χ0) is 14.1. The van der Waals surface area contributed by atoms with Crippen molar-refractivity contribution in [3.05, 3.63) is 34.9 Å². The van der Waals surface area contributed by atoms with Gasteiger partial charge >= 0.3 is 0 Å². The third-order valence-electron chi connectivity index (χ3n) is 3.95. The Morgan fingerprint density at radius 3 is 2.58 bits per heavy atom. The van der Waals surface area contributed by atoms with E-state index in [-0.39, 0.29) is 11.3 Å². The highest BCUT2D eigenvalue weighted by molar-refractivity contribution is 7.91. The van der Waals surface area contributed by atoms with Crippen LogP contribution in [0.1, 0.15) is 25.8 Å². The molecule has 1 atom stereocenters. The first-order valence-electron chi connectivity index (χ1n) is 6.55. The lowest BCUT2D eigenvalue weighted by atomic mass is 9.98. The van der Waals surface area contributed by atoms with E-state index in [2.05, 4.69) is 11.8 Å². The molecule has 1 aliphatic rings. The summed E-state index contributed by atoms with van der Waals surface area (Å²) in [6.45, 7) is 5.62. The van der Waals surface area contributed by atoms with Crippen LogP contribution in [-0.2, 0) is 16.4 Å². The molecule has 106 valence electrons. The van der Waals surface area contributed by atoms with Crippen LogP contribution >= 0.6 is 11.6 Å². The monoisotopic (exact) mass is 301 g/mol. The van der Waals surface area contributed by atoms with Gasteiger partial charge in [0.1, 0.15) is 0 Å². The quantitative estimate of drug-likeness (QED) is 0.858.